The Bertz CT molecular complexity index is 565. The first-order valence-electron chi connectivity index (χ1n) is 6.05. The predicted octanol–water partition coefficient (Wildman–Crippen LogP) is 3.05. The molecule has 0 aliphatic heterocycles. The maximum Gasteiger partial charge on any atom is 0.186 e. The molecule has 18 heavy (non-hydrogen) atoms. The van der Waals surface area contributed by atoms with Crippen LogP contribution in [0.15, 0.2) is 24.3 Å². The molecule has 1 aliphatic rings. The number of nitrogens with two attached hydrogens (primary N) is 1. The molecule has 0 radical (unpaired) electrons. The smallest absolute Gasteiger partial charge is 0.186 e. The van der Waals surface area contributed by atoms with Gasteiger partial charge in [0.1, 0.15) is 0 Å². The standard InChI is InChI=1S/C14H14FN3/c1-8-12(15)13(16)18-14(17-8)11-6-4-10(5-7-11)9-2-3-9/h4-7,9H,2-3H2,1H3,(H2,16,17,18). The van der Waals surface area contributed by atoms with Crippen molar-refractivity contribution >= 4 is 5.82 Å². The quantitative estimate of drug-likeness (QED) is 0.882. The van der Waals surface area contributed by atoms with Gasteiger partial charge in [0.15, 0.2) is 17.5 Å². The Morgan fingerprint density at radius 1 is 1.17 bits per heavy atom. The van der Waals surface area contributed by atoms with Gasteiger partial charge in [0.2, 0.25) is 0 Å². The lowest BCUT2D eigenvalue weighted by molar-refractivity contribution is 0.608. The average molecular weight is 243 g/mol. The van der Waals surface area contributed by atoms with Gasteiger partial charge in [-0.2, -0.15) is 0 Å². The fraction of sp³-hybridized carbons (Fsp3) is 0.286. The average Bonchev–Trinajstić information content (AvgIpc) is 3.20. The van der Waals surface area contributed by atoms with E-state index in [1.54, 1.807) is 6.92 Å². The van der Waals surface area contributed by atoms with E-state index in [0.717, 1.165) is 11.5 Å². The molecular formula is C14H14FN3. The van der Waals surface area contributed by atoms with Crippen LogP contribution in [0.4, 0.5) is 10.2 Å². The molecule has 3 nitrogen and oxygen atoms in total. The molecule has 4 heteroatoms. The first kappa shape index (κ1) is 11.1. The van der Waals surface area contributed by atoms with Crippen molar-refractivity contribution in [3.63, 3.8) is 0 Å². The number of aryl methyl sites for hydroxylation is 1. The minimum Gasteiger partial charge on any atom is -0.381 e. The van der Waals surface area contributed by atoms with Crippen molar-refractivity contribution in [3.05, 3.63) is 41.3 Å². The molecule has 0 unspecified atom stereocenters. The van der Waals surface area contributed by atoms with Gasteiger partial charge in [-0.3, -0.25) is 0 Å². The van der Waals surface area contributed by atoms with Crippen LogP contribution >= 0.6 is 0 Å². The Labute approximate surface area is 105 Å². The zero-order chi connectivity index (χ0) is 12.7. The van der Waals surface area contributed by atoms with Gasteiger partial charge in [-0.25, -0.2) is 14.4 Å². The fourth-order valence-electron chi connectivity index (χ4n) is 2.03. The summed E-state index contributed by atoms with van der Waals surface area (Å²) in [5.74, 6) is 0.575. The summed E-state index contributed by atoms with van der Waals surface area (Å²) in [7, 11) is 0. The first-order valence-corrected chi connectivity index (χ1v) is 6.05. The third-order valence-corrected chi connectivity index (χ3v) is 3.26. The molecular weight excluding hydrogens is 229 g/mol. The number of nitrogens with zero attached hydrogens (tertiary/aromatic N) is 2. The number of nitrogen functional groups attached to an aromatic ring is 1. The highest BCUT2D eigenvalue weighted by Crippen LogP contribution is 2.40. The van der Waals surface area contributed by atoms with Crippen LogP contribution in [0.1, 0.15) is 30.0 Å². The normalized spacial score (nSPS) is 14.8. The van der Waals surface area contributed by atoms with Crippen LogP contribution in [0.25, 0.3) is 11.4 Å². The van der Waals surface area contributed by atoms with Crippen molar-refractivity contribution in [3.8, 4) is 11.4 Å². The van der Waals surface area contributed by atoms with Gasteiger partial charge in [-0.05, 0) is 31.2 Å². The van der Waals surface area contributed by atoms with E-state index in [2.05, 4.69) is 22.1 Å². The monoisotopic (exact) mass is 243 g/mol. The fourth-order valence-corrected chi connectivity index (χ4v) is 2.03. The van der Waals surface area contributed by atoms with Crippen molar-refractivity contribution in [2.75, 3.05) is 5.73 Å². The lowest BCUT2D eigenvalue weighted by Gasteiger charge is -2.05. The van der Waals surface area contributed by atoms with Crippen LogP contribution in [0.3, 0.4) is 0 Å². The largest absolute Gasteiger partial charge is 0.381 e. The van der Waals surface area contributed by atoms with Crippen LogP contribution in [-0.2, 0) is 0 Å². The molecule has 0 spiro atoms. The van der Waals surface area contributed by atoms with Gasteiger partial charge in [-0.15, -0.1) is 0 Å². The van der Waals surface area contributed by atoms with Gasteiger partial charge in [0, 0.05) is 5.56 Å². The van der Waals surface area contributed by atoms with Crippen LogP contribution < -0.4 is 5.73 Å². The minimum atomic E-state index is -0.534. The summed E-state index contributed by atoms with van der Waals surface area (Å²) >= 11 is 0. The SMILES string of the molecule is Cc1nc(-c2ccc(C3CC3)cc2)nc(N)c1F. The molecule has 1 heterocycles. The molecule has 2 N–H and O–H groups in total. The van der Waals surface area contributed by atoms with Gasteiger partial charge in [0.25, 0.3) is 0 Å². The van der Waals surface area contributed by atoms with Crippen LogP contribution in [-0.4, -0.2) is 9.97 Å². The second kappa shape index (κ2) is 4.05. The van der Waals surface area contributed by atoms with Gasteiger partial charge < -0.3 is 5.73 Å². The van der Waals surface area contributed by atoms with E-state index in [1.165, 1.54) is 18.4 Å². The summed E-state index contributed by atoms with van der Waals surface area (Å²) in [4.78, 5) is 8.11. The number of hydrogen-bond acceptors (Lipinski definition) is 3. The van der Waals surface area contributed by atoms with E-state index in [1.807, 2.05) is 12.1 Å². The van der Waals surface area contributed by atoms with Crippen molar-refractivity contribution in [1.29, 1.82) is 0 Å². The Hall–Kier alpha value is -1.97. The maximum atomic E-state index is 13.4. The van der Waals surface area contributed by atoms with Crippen molar-refractivity contribution in [2.45, 2.75) is 25.7 Å². The third-order valence-electron chi connectivity index (χ3n) is 3.26. The Kier molecular flexibility index (Phi) is 2.51. The lowest BCUT2D eigenvalue weighted by Crippen LogP contribution is -2.02. The highest BCUT2D eigenvalue weighted by molar-refractivity contribution is 5.58. The number of halogens is 1. The topological polar surface area (TPSA) is 51.8 Å². The molecule has 0 bridgehead atoms. The summed E-state index contributed by atoms with van der Waals surface area (Å²) in [6.07, 6.45) is 2.55. The number of aromatic nitrogens is 2. The highest BCUT2D eigenvalue weighted by Gasteiger charge is 2.23. The molecule has 0 atom stereocenters. The molecule has 1 aromatic heterocycles. The molecule has 1 aliphatic carbocycles. The summed E-state index contributed by atoms with van der Waals surface area (Å²) in [5.41, 5.74) is 8.02. The van der Waals surface area contributed by atoms with E-state index < -0.39 is 5.82 Å². The highest BCUT2D eigenvalue weighted by atomic mass is 19.1. The van der Waals surface area contributed by atoms with E-state index in [0.29, 0.717) is 5.82 Å². The zero-order valence-corrected chi connectivity index (χ0v) is 10.2. The van der Waals surface area contributed by atoms with Crippen molar-refractivity contribution in [2.24, 2.45) is 0 Å². The number of rotatable bonds is 2. The Morgan fingerprint density at radius 3 is 2.39 bits per heavy atom. The maximum absolute atomic E-state index is 13.4. The van der Waals surface area contributed by atoms with E-state index in [-0.39, 0.29) is 11.5 Å². The molecule has 2 aromatic rings. The molecule has 1 aromatic carbocycles. The summed E-state index contributed by atoms with van der Waals surface area (Å²) in [6, 6.07) is 8.12. The molecule has 0 amide bonds. The van der Waals surface area contributed by atoms with Crippen molar-refractivity contribution in [1.82, 2.24) is 9.97 Å². The van der Waals surface area contributed by atoms with E-state index in [4.69, 9.17) is 5.73 Å². The lowest BCUT2D eigenvalue weighted by atomic mass is 10.1. The zero-order valence-electron chi connectivity index (χ0n) is 10.2. The summed E-state index contributed by atoms with van der Waals surface area (Å²) in [5, 5.41) is 0. The van der Waals surface area contributed by atoms with Gasteiger partial charge in [0.05, 0.1) is 5.69 Å². The number of anilines is 1. The summed E-state index contributed by atoms with van der Waals surface area (Å²) < 4.78 is 13.4. The Morgan fingerprint density at radius 2 is 1.83 bits per heavy atom. The predicted molar refractivity (Wildman–Crippen MR) is 68.6 cm³/mol. The second-order valence-corrected chi connectivity index (χ2v) is 4.73. The molecule has 92 valence electrons. The molecule has 3 rings (SSSR count). The van der Waals surface area contributed by atoms with Gasteiger partial charge in [-0.1, -0.05) is 24.3 Å². The van der Waals surface area contributed by atoms with E-state index >= 15 is 0 Å². The van der Waals surface area contributed by atoms with Gasteiger partial charge >= 0.3 is 0 Å². The number of hydrogen-bond donors (Lipinski definition) is 1. The Balaban J connectivity index is 1.98. The number of benzene rings is 1. The van der Waals surface area contributed by atoms with Crippen LogP contribution in [0.5, 0.6) is 0 Å². The third kappa shape index (κ3) is 1.94. The van der Waals surface area contributed by atoms with Crippen molar-refractivity contribution < 1.29 is 4.39 Å². The summed E-state index contributed by atoms with van der Waals surface area (Å²) in [6.45, 7) is 1.59. The molecule has 1 saturated carbocycles. The second-order valence-electron chi connectivity index (χ2n) is 4.73. The minimum absolute atomic E-state index is 0.0937. The van der Waals surface area contributed by atoms with Crippen LogP contribution in [0.2, 0.25) is 0 Å². The molecule has 1 fully saturated rings. The van der Waals surface area contributed by atoms with Crippen LogP contribution in [0, 0.1) is 12.7 Å². The first-order chi connectivity index (χ1) is 8.65. The van der Waals surface area contributed by atoms with E-state index in [9.17, 15) is 4.39 Å². The molecule has 0 saturated heterocycles.